The fraction of sp³-hybridized carbons (Fsp3) is 0.240. The van der Waals surface area contributed by atoms with E-state index in [1.807, 2.05) is 30.3 Å². The molecule has 1 saturated heterocycles. The van der Waals surface area contributed by atoms with Crippen molar-refractivity contribution in [1.82, 2.24) is 4.31 Å². The minimum Gasteiger partial charge on any atom is -0.457 e. The number of nitrogens with zero attached hydrogens (tertiary/aromatic N) is 1. The van der Waals surface area contributed by atoms with Crippen LogP contribution in [0.2, 0.25) is 10.0 Å². The molecule has 178 valence electrons. The maximum absolute atomic E-state index is 13.0. The smallest absolute Gasteiger partial charge is 0.228 e. The zero-order valence-corrected chi connectivity index (χ0v) is 20.6. The number of anilines is 1. The van der Waals surface area contributed by atoms with Crippen molar-refractivity contribution in [2.24, 2.45) is 5.92 Å². The number of rotatable bonds is 7. The summed E-state index contributed by atoms with van der Waals surface area (Å²) in [6.07, 6.45) is 1.21. The third kappa shape index (κ3) is 6.10. The summed E-state index contributed by atoms with van der Waals surface area (Å²) in [6, 6.07) is 21.4. The van der Waals surface area contributed by atoms with E-state index in [2.05, 4.69) is 5.32 Å². The second-order valence-corrected chi connectivity index (χ2v) is 10.9. The maximum Gasteiger partial charge on any atom is 0.228 e. The predicted octanol–water partition coefficient (Wildman–Crippen LogP) is 5.97. The van der Waals surface area contributed by atoms with Crippen LogP contribution in [-0.2, 0) is 20.6 Å². The molecule has 0 aliphatic carbocycles. The average molecular weight is 519 g/mol. The number of amides is 1. The van der Waals surface area contributed by atoms with Crippen LogP contribution in [0.5, 0.6) is 11.5 Å². The van der Waals surface area contributed by atoms with Gasteiger partial charge in [-0.3, -0.25) is 4.79 Å². The molecule has 0 radical (unpaired) electrons. The highest BCUT2D eigenvalue weighted by Gasteiger charge is 2.33. The molecule has 0 spiro atoms. The molecule has 6 nitrogen and oxygen atoms in total. The number of hydrogen-bond acceptors (Lipinski definition) is 4. The molecule has 1 N–H and O–H groups in total. The summed E-state index contributed by atoms with van der Waals surface area (Å²) in [5, 5.41) is 3.50. The minimum absolute atomic E-state index is 0.117. The molecular weight excluding hydrogens is 495 g/mol. The van der Waals surface area contributed by atoms with Gasteiger partial charge < -0.3 is 10.1 Å². The predicted molar refractivity (Wildman–Crippen MR) is 135 cm³/mol. The first kappa shape index (κ1) is 24.5. The summed E-state index contributed by atoms with van der Waals surface area (Å²) < 4.78 is 33.2. The van der Waals surface area contributed by atoms with E-state index in [-0.39, 0.29) is 18.2 Å². The Morgan fingerprint density at radius 2 is 1.59 bits per heavy atom. The Balaban J connectivity index is 1.37. The maximum atomic E-state index is 13.0. The molecule has 34 heavy (non-hydrogen) atoms. The lowest BCUT2D eigenvalue weighted by Crippen LogP contribution is -2.44. The van der Waals surface area contributed by atoms with Gasteiger partial charge in [0.2, 0.25) is 15.9 Å². The van der Waals surface area contributed by atoms with Gasteiger partial charge in [0, 0.05) is 34.4 Å². The quantitative estimate of drug-likeness (QED) is 0.418. The molecule has 3 aromatic carbocycles. The van der Waals surface area contributed by atoms with Crippen LogP contribution in [0.4, 0.5) is 5.69 Å². The topological polar surface area (TPSA) is 75.7 Å². The fourth-order valence-electron chi connectivity index (χ4n) is 3.83. The lowest BCUT2D eigenvalue weighted by atomic mass is 9.99. The van der Waals surface area contributed by atoms with Gasteiger partial charge in [-0.1, -0.05) is 47.5 Å². The zero-order chi connectivity index (χ0) is 24.1. The highest BCUT2D eigenvalue weighted by atomic mass is 35.5. The van der Waals surface area contributed by atoms with Crippen molar-refractivity contribution >= 4 is 44.8 Å². The van der Waals surface area contributed by atoms with Crippen molar-refractivity contribution < 1.29 is 17.9 Å². The minimum atomic E-state index is -3.69. The van der Waals surface area contributed by atoms with Gasteiger partial charge in [0.1, 0.15) is 11.5 Å². The molecular formula is C25H24Cl2N2O4S. The highest BCUT2D eigenvalue weighted by molar-refractivity contribution is 7.88. The molecule has 9 heteroatoms. The molecule has 0 aromatic heterocycles. The number of benzene rings is 3. The van der Waals surface area contributed by atoms with E-state index >= 15 is 0 Å². The third-order valence-electron chi connectivity index (χ3n) is 5.64. The standard InChI is InChI=1S/C25H24Cl2N2O4S/c26-23-9-4-10-24(27)22(23)17-34(31,32)29-15-5-6-18(16-29)25(30)28-19-11-13-21(14-12-19)33-20-7-2-1-3-8-20/h1-4,7-14,18H,5-6,15-17H2,(H,28,30)/t18-/m1/s1. The molecule has 1 aliphatic heterocycles. The van der Waals surface area contributed by atoms with Gasteiger partial charge in [0.05, 0.1) is 11.7 Å². The first-order valence-electron chi connectivity index (χ1n) is 10.9. The van der Waals surface area contributed by atoms with Crippen molar-refractivity contribution in [1.29, 1.82) is 0 Å². The van der Waals surface area contributed by atoms with Crippen molar-refractivity contribution in [3.8, 4) is 11.5 Å². The second-order valence-electron chi connectivity index (χ2n) is 8.08. The lowest BCUT2D eigenvalue weighted by molar-refractivity contribution is -0.120. The van der Waals surface area contributed by atoms with Crippen molar-refractivity contribution in [2.75, 3.05) is 18.4 Å². The molecule has 1 aliphatic rings. The number of para-hydroxylation sites is 1. The molecule has 1 fully saturated rings. The Morgan fingerprint density at radius 3 is 2.26 bits per heavy atom. The van der Waals surface area contributed by atoms with E-state index in [0.29, 0.717) is 46.4 Å². The van der Waals surface area contributed by atoms with Crippen molar-refractivity contribution in [3.05, 3.63) is 88.4 Å². The number of carbonyl (C=O) groups excluding carboxylic acids is 1. The Hall–Kier alpha value is -2.58. The van der Waals surface area contributed by atoms with Crippen molar-refractivity contribution in [2.45, 2.75) is 18.6 Å². The number of piperidine rings is 1. The molecule has 1 amide bonds. The number of ether oxygens (including phenoxy) is 1. The van der Waals surface area contributed by atoms with E-state index < -0.39 is 15.9 Å². The summed E-state index contributed by atoms with van der Waals surface area (Å²) in [5.41, 5.74) is 0.989. The van der Waals surface area contributed by atoms with Crippen LogP contribution in [-0.4, -0.2) is 31.7 Å². The van der Waals surface area contributed by atoms with E-state index in [1.54, 1.807) is 42.5 Å². The van der Waals surface area contributed by atoms with Gasteiger partial charge in [-0.25, -0.2) is 12.7 Å². The Kier molecular flexibility index (Phi) is 7.78. The molecule has 0 bridgehead atoms. The van der Waals surface area contributed by atoms with Crippen LogP contribution >= 0.6 is 23.2 Å². The van der Waals surface area contributed by atoms with Crippen LogP contribution in [0.1, 0.15) is 18.4 Å². The molecule has 1 heterocycles. The van der Waals surface area contributed by atoms with Crippen LogP contribution in [0, 0.1) is 5.92 Å². The third-order valence-corrected chi connectivity index (χ3v) is 8.12. The number of halogens is 2. The van der Waals surface area contributed by atoms with E-state index in [1.165, 1.54) is 4.31 Å². The second kappa shape index (κ2) is 10.8. The van der Waals surface area contributed by atoms with Gasteiger partial charge in [-0.2, -0.15) is 0 Å². The zero-order valence-electron chi connectivity index (χ0n) is 18.3. The fourth-order valence-corrected chi connectivity index (χ4v) is 6.19. The first-order valence-corrected chi connectivity index (χ1v) is 13.2. The number of nitrogens with one attached hydrogen (secondary N) is 1. The Labute approximate surface area is 209 Å². The van der Waals surface area contributed by atoms with E-state index in [9.17, 15) is 13.2 Å². The molecule has 4 rings (SSSR count). The van der Waals surface area contributed by atoms with E-state index in [0.717, 1.165) is 5.75 Å². The highest BCUT2D eigenvalue weighted by Crippen LogP contribution is 2.29. The molecule has 0 saturated carbocycles. The number of sulfonamides is 1. The van der Waals surface area contributed by atoms with Crippen molar-refractivity contribution in [3.63, 3.8) is 0 Å². The van der Waals surface area contributed by atoms with Crippen LogP contribution in [0.25, 0.3) is 0 Å². The van der Waals surface area contributed by atoms with Crippen LogP contribution in [0.3, 0.4) is 0 Å². The Bertz CT molecular complexity index is 1230. The van der Waals surface area contributed by atoms with Crippen LogP contribution < -0.4 is 10.1 Å². The summed E-state index contributed by atoms with van der Waals surface area (Å²) in [4.78, 5) is 12.9. The van der Waals surface area contributed by atoms with Gasteiger partial charge in [0.15, 0.2) is 0 Å². The van der Waals surface area contributed by atoms with Gasteiger partial charge in [0.25, 0.3) is 0 Å². The van der Waals surface area contributed by atoms with Gasteiger partial charge in [-0.15, -0.1) is 0 Å². The average Bonchev–Trinajstić information content (AvgIpc) is 2.83. The van der Waals surface area contributed by atoms with Crippen LogP contribution in [0.15, 0.2) is 72.8 Å². The molecule has 3 aromatic rings. The number of hydrogen-bond donors (Lipinski definition) is 1. The van der Waals surface area contributed by atoms with Gasteiger partial charge in [-0.05, 0) is 61.4 Å². The summed E-state index contributed by atoms with van der Waals surface area (Å²) in [7, 11) is -3.69. The van der Waals surface area contributed by atoms with Gasteiger partial charge >= 0.3 is 0 Å². The first-order chi connectivity index (χ1) is 16.3. The molecule has 0 unspecified atom stereocenters. The van der Waals surface area contributed by atoms with E-state index in [4.69, 9.17) is 27.9 Å². The summed E-state index contributed by atoms with van der Waals surface area (Å²) in [5.74, 6) is 0.402. The monoisotopic (exact) mass is 518 g/mol. The molecule has 1 atom stereocenters. The lowest BCUT2D eigenvalue weighted by Gasteiger charge is -2.31. The largest absolute Gasteiger partial charge is 0.457 e. The Morgan fingerprint density at radius 1 is 0.941 bits per heavy atom. The number of carbonyl (C=O) groups is 1. The summed E-state index contributed by atoms with van der Waals surface area (Å²) >= 11 is 12.3. The summed E-state index contributed by atoms with van der Waals surface area (Å²) in [6.45, 7) is 0.477. The normalized spacial score (nSPS) is 16.7. The SMILES string of the molecule is O=C(Nc1ccc(Oc2ccccc2)cc1)[C@@H]1CCCN(S(=O)(=O)Cc2c(Cl)cccc2Cl)C1.